The maximum atomic E-state index is 12.1. The Morgan fingerprint density at radius 3 is 2.36 bits per heavy atom. The van der Waals surface area contributed by atoms with Crippen molar-refractivity contribution in [3.8, 4) is 0 Å². The molecule has 3 nitrogen and oxygen atoms in total. The van der Waals surface area contributed by atoms with Gasteiger partial charge in [0.05, 0.1) is 6.42 Å². The van der Waals surface area contributed by atoms with Crippen molar-refractivity contribution < 1.29 is 13.2 Å². The van der Waals surface area contributed by atoms with Crippen LogP contribution in [-0.2, 0) is 0 Å². The number of halogens is 3. The minimum atomic E-state index is -4.19. The molecule has 1 unspecified atom stereocenters. The summed E-state index contributed by atoms with van der Waals surface area (Å²) in [7, 11) is 1.48. The van der Waals surface area contributed by atoms with Gasteiger partial charge >= 0.3 is 6.18 Å². The molecule has 78 valence electrons. The molecule has 1 heterocycles. The topological polar surface area (TPSA) is 37.8 Å². The van der Waals surface area contributed by atoms with Gasteiger partial charge in [-0.2, -0.15) is 13.2 Å². The van der Waals surface area contributed by atoms with Crippen molar-refractivity contribution in [2.24, 2.45) is 0 Å². The van der Waals surface area contributed by atoms with Crippen LogP contribution in [0.4, 0.5) is 13.2 Å². The van der Waals surface area contributed by atoms with Crippen LogP contribution in [0, 0.1) is 0 Å². The molecule has 0 aliphatic heterocycles. The molecule has 0 spiro atoms. The van der Waals surface area contributed by atoms with E-state index in [1.165, 1.54) is 25.8 Å². The number of hydrogen-bond donors (Lipinski definition) is 1. The van der Waals surface area contributed by atoms with Gasteiger partial charge < -0.3 is 5.32 Å². The van der Waals surface area contributed by atoms with Crippen molar-refractivity contribution >= 4 is 0 Å². The second-order valence-corrected chi connectivity index (χ2v) is 2.83. The maximum absolute atomic E-state index is 12.1. The zero-order valence-corrected chi connectivity index (χ0v) is 7.54. The van der Waals surface area contributed by atoms with E-state index < -0.39 is 18.6 Å². The summed E-state index contributed by atoms with van der Waals surface area (Å²) >= 11 is 0. The quantitative estimate of drug-likeness (QED) is 0.815. The Labute approximate surface area is 79.4 Å². The Balaban J connectivity index is 2.73. The third kappa shape index (κ3) is 3.29. The van der Waals surface area contributed by atoms with E-state index in [0.29, 0.717) is 5.56 Å². The van der Waals surface area contributed by atoms with Crippen LogP contribution in [-0.4, -0.2) is 23.2 Å². The Hall–Kier alpha value is -1.17. The lowest BCUT2D eigenvalue weighted by atomic mass is 10.1. The number of nitrogens with zero attached hydrogens (tertiary/aromatic N) is 2. The lowest BCUT2D eigenvalue weighted by molar-refractivity contribution is -0.140. The summed E-state index contributed by atoms with van der Waals surface area (Å²) in [4.78, 5) is 7.33. The first-order chi connectivity index (χ1) is 6.53. The summed E-state index contributed by atoms with van der Waals surface area (Å²) < 4.78 is 36.3. The number of hydrogen-bond acceptors (Lipinski definition) is 3. The van der Waals surface area contributed by atoms with E-state index in [9.17, 15) is 13.2 Å². The van der Waals surface area contributed by atoms with E-state index in [0.717, 1.165) is 0 Å². The predicted octanol–water partition coefficient (Wildman–Crippen LogP) is 1.69. The van der Waals surface area contributed by atoms with E-state index in [1.54, 1.807) is 0 Å². The van der Waals surface area contributed by atoms with E-state index >= 15 is 0 Å². The standard InChI is InChI=1S/C8H10F3N3/c1-12-7(2-8(9,10)11)6-3-13-5-14-4-6/h3-5,7,12H,2H2,1H3. The monoisotopic (exact) mass is 205 g/mol. The molecule has 6 heteroatoms. The summed E-state index contributed by atoms with van der Waals surface area (Å²) in [6.45, 7) is 0. The minimum Gasteiger partial charge on any atom is -0.313 e. The molecule has 0 aliphatic rings. The summed E-state index contributed by atoms with van der Waals surface area (Å²) in [5.74, 6) is 0. The molecule has 0 amide bonds. The minimum absolute atomic E-state index is 0.437. The van der Waals surface area contributed by atoms with Gasteiger partial charge in [-0.25, -0.2) is 9.97 Å². The van der Waals surface area contributed by atoms with Gasteiger partial charge in [-0.05, 0) is 7.05 Å². The Morgan fingerprint density at radius 1 is 1.36 bits per heavy atom. The Kier molecular flexibility index (Phi) is 3.40. The SMILES string of the molecule is CNC(CC(F)(F)F)c1cncnc1. The zero-order valence-electron chi connectivity index (χ0n) is 7.54. The fraction of sp³-hybridized carbons (Fsp3) is 0.500. The molecule has 0 aromatic carbocycles. The smallest absolute Gasteiger partial charge is 0.313 e. The van der Waals surface area contributed by atoms with Crippen LogP contribution >= 0.6 is 0 Å². The molecule has 0 saturated heterocycles. The molecule has 0 radical (unpaired) electrons. The van der Waals surface area contributed by atoms with Crippen molar-refractivity contribution in [3.63, 3.8) is 0 Å². The van der Waals surface area contributed by atoms with Gasteiger partial charge in [-0.3, -0.25) is 0 Å². The highest BCUT2D eigenvalue weighted by Crippen LogP contribution is 2.28. The summed E-state index contributed by atoms with van der Waals surface area (Å²) in [6, 6.07) is -0.781. The van der Waals surface area contributed by atoms with Gasteiger partial charge in [-0.1, -0.05) is 0 Å². The first kappa shape index (κ1) is 10.9. The summed E-state index contributed by atoms with van der Waals surface area (Å²) in [6.07, 6.45) is -1.08. The first-order valence-electron chi connectivity index (χ1n) is 4.02. The summed E-state index contributed by atoms with van der Waals surface area (Å²) in [5, 5.41) is 2.57. The van der Waals surface area contributed by atoms with Crippen LogP contribution < -0.4 is 5.32 Å². The number of aromatic nitrogens is 2. The fourth-order valence-corrected chi connectivity index (χ4v) is 1.11. The Morgan fingerprint density at radius 2 is 1.93 bits per heavy atom. The number of rotatable bonds is 3. The molecule has 0 fully saturated rings. The number of alkyl halides is 3. The highest BCUT2D eigenvalue weighted by atomic mass is 19.4. The van der Waals surface area contributed by atoms with Gasteiger partial charge in [0.15, 0.2) is 0 Å². The van der Waals surface area contributed by atoms with E-state index in [-0.39, 0.29) is 0 Å². The fourth-order valence-electron chi connectivity index (χ4n) is 1.11. The van der Waals surface area contributed by atoms with Gasteiger partial charge in [0.25, 0.3) is 0 Å². The number of nitrogens with one attached hydrogen (secondary N) is 1. The zero-order chi connectivity index (χ0) is 10.6. The molecule has 0 aliphatic carbocycles. The Bertz CT molecular complexity index is 273. The van der Waals surface area contributed by atoms with Crippen molar-refractivity contribution in [2.45, 2.75) is 18.6 Å². The van der Waals surface area contributed by atoms with Crippen molar-refractivity contribution in [2.75, 3.05) is 7.05 Å². The van der Waals surface area contributed by atoms with Crippen LogP contribution in [0.3, 0.4) is 0 Å². The largest absolute Gasteiger partial charge is 0.390 e. The average molecular weight is 205 g/mol. The molecule has 0 bridgehead atoms. The average Bonchev–Trinajstić information content (AvgIpc) is 2.14. The predicted molar refractivity (Wildman–Crippen MR) is 44.5 cm³/mol. The molecule has 14 heavy (non-hydrogen) atoms. The third-order valence-corrected chi connectivity index (χ3v) is 1.77. The molecule has 1 N–H and O–H groups in total. The van der Waals surface area contributed by atoms with Crippen LogP contribution in [0.1, 0.15) is 18.0 Å². The highest BCUT2D eigenvalue weighted by molar-refractivity contribution is 5.09. The molecule has 1 aromatic rings. The van der Waals surface area contributed by atoms with Crippen molar-refractivity contribution in [1.82, 2.24) is 15.3 Å². The lowest BCUT2D eigenvalue weighted by Crippen LogP contribution is -2.23. The van der Waals surface area contributed by atoms with Crippen molar-refractivity contribution in [1.29, 1.82) is 0 Å². The van der Waals surface area contributed by atoms with Crippen LogP contribution in [0.2, 0.25) is 0 Å². The normalized spacial score (nSPS) is 14.0. The first-order valence-corrected chi connectivity index (χ1v) is 4.02. The molecular formula is C8H10F3N3. The van der Waals surface area contributed by atoms with Gasteiger partial charge in [-0.15, -0.1) is 0 Å². The van der Waals surface area contributed by atoms with Gasteiger partial charge in [0, 0.05) is 24.0 Å². The van der Waals surface area contributed by atoms with E-state index in [2.05, 4.69) is 15.3 Å². The van der Waals surface area contributed by atoms with Gasteiger partial charge in [0.1, 0.15) is 6.33 Å². The molecule has 0 saturated carbocycles. The molecule has 1 aromatic heterocycles. The molecule has 1 rings (SSSR count). The van der Waals surface area contributed by atoms with E-state index in [4.69, 9.17) is 0 Å². The van der Waals surface area contributed by atoms with Crippen LogP contribution in [0.25, 0.3) is 0 Å². The second kappa shape index (κ2) is 4.36. The van der Waals surface area contributed by atoms with Crippen molar-refractivity contribution in [3.05, 3.63) is 24.3 Å². The van der Waals surface area contributed by atoms with Gasteiger partial charge in [0.2, 0.25) is 0 Å². The van der Waals surface area contributed by atoms with Crippen LogP contribution in [0.5, 0.6) is 0 Å². The lowest BCUT2D eigenvalue weighted by Gasteiger charge is -2.17. The molecule has 1 atom stereocenters. The highest BCUT2D eigenvalue weighted by Gasteiger charge is 2.32. The maximum Gasteiger partial charge on any atom is 0.390 e. The van der Waals surface area contributed by atoms with Crippen LogP contribution in [0.15, 0.2) is 18.7 Å². The second-order valence-electron chi connectivity index (χ2n) is 2.83. The third-order valence-electron chi connectivity index (χ3n) is 1.77. The molecular weight excluding hydrogens is 195 g/mol. The summed E-state index contributed by atoms with van der Waals surface area (Å²) in [5.41, 5.74) is 0.437. The van der Waals surface area contributed by atoms with E-state index in [1.807, 2.05) is 0 Å².